The van der Waals surface area contributed by atoms with Gasteiger partial charge in [0, 0.05) is 37.5 Å². The van der Waals surface area contributed by atoms with Gasteiger partial charge in [0.25, 0.3) is 0 Å². The first-order chi connectivity index (χ1) is 13.0. The van der Waals surface area contributed by atoms with Crippen LogP contribution in [0.4, 0.5) is 18.0 Å². The molecule has 0 unspecified atom stereocenters. The molecule has 2 amide bonds. The van der Waals surface area contributed by atoms with E-state index in [1.807, 2.05) is 30.3 Å². The summed E-state index contributed by atoms with van der Waals surface area (Å²) in [5.41, 5.74) is 0.314. The number of amides is 2. The van der Waals surface area contributed by atoms with E-state index < -0.39 is 29.8 Å². The lowest BCUT2D eigenvalue weighted by molar-refractivity contribution is -0.187. The minimum Gasteiger partial charge on any atom is -0.444 e. The van der Waals surface area contributed by atoms with E-state index in [0.29, 0.717) is 19.5 Å². The van der Waals surface area contributed by atoms with Gasteiger partial charge in [-0.2, -0.15) is 13.2 Å². The molecule has 1 saturated heterocycles. The molecule has 2 fully saturated rings. The number of likely N-dealkylation sites (tertiary alicyclic amines) is 1. The Morgan fingerprint density at radius 3 is 2.29 bits per heavy atom. The summed E-state index contributed by atoms with van der Waals surface area (Å²) in [5.74, 6) is -2.06. The number of hydrogen-bond donors (Lipinski definition) is 0. The number of carbonyl (C=O) groups is 2. The Morgan fingerprint density at radius 1 is 1.14 bits per heavy atom. The molecule has 2 aliphatic rings. The van der Waals surface area contributed by atoms with Crippen molar-refractivity contribution in [3.05, 3.63) is 35.9 Å². The molecule has 0 spiro atoms. The Hall–Kier alpha value is -2.25. The van der Waals surface area contributed by atoms with Crippen molar-refractivity contribution in [2.75, 3.05) is 19.6 Å². The van der Waals surface area contributed by atoms with Gasteiger partial charge in [-0.25, -0.2) is 4.79 Å². The second kappa shape index (κ2) is 7.29. The van der Waals surface area contributed by atoms with E-state index in [1.54, 1.807) is 20.8 Å². The molecular weight excluding hydrogens is 373 g/mol. The predicted molar refractivity (Wildman–Crippen MR) is 96.7 cm³/mol. The molecule has 0 bridgehead atoms. The maximum Gasteiger partial charge on any atom is 0.471 e. The van der Waals surface area contributed by atoms with Gasteiger partial charge in [-0.15, -0.1) is 0 Å². The van der Waals surface area contributed by atoms with E-state index in [4.69, 9.17) is 4.74 Å². The van der Waals surface area contributed by atoms with Crippen LogP contribution in [0.3, 0.4) is 0 Å². The second-order valence-corrected chi connectivity index (χ2v) is 8.53. The highest BCUT2D eigenvalue weighted by molar-refractivity contribution is 5.82. The Labute approximate surface area is 162 Å². The summed E-state index contributed by atoms with van der Waals surface area (Å²) < 4.78 is 44.6. The zero-order valence-corrected chi connectivity index (χ0v) is 16.2. The predicted octanol–water partition coefficient (Wildman–Crippen LogP) is 3.80. The first kappa shape index (κ1) is 20.5. The molecule has 0 radical (unpaired) electrons. The van der Waals surface area contributed by atoms with Crippen LogP contribution < -0.4 is 0 Å². The molecule has 0 aromatic heterocycles. The monoisotopic (exact) mass is 398 g/mol. The third-order valence-electron chi connectivity index (χ3n) is 4.95. The van der Waals surface area contributed by atoms with Crippen LogP contribution in [0.2, 0.25) is 0 Å². The van der Waals surface area contributed by atoms with Crippen molar-refractivity contribution in [2.24, 2.45) is 5.92 Å². The van der Waals surface area contributed by atoms with Crippen LogP contribution >= 0.6 is 0 Å². The van der Waals surface area contributed by atoms with Crippen molar-refractivity contribution in [3.63, 3.8) is 0 Å². The largest absolute Gasteiger partial charge is 0.471 e. The van der Waals surface area contributed by atoms with Gasteiger partial charge in [-0.05, 0) is 32.8 Å². The molecule has 28 heavy (non-hydrogen) atoms. The van der Waals surface area contributed by atoms with Crippen molar-refractivity contribution >= 4 is 12.0 Å². The summed E-state index contributed by atoms with van der Waals surface area (Å²) >= 11 is 0. The van der Waals surface area contributed by atoms with Crippen LogP contribution in [0.15, 0.2) is 30.3 Å². The van der Waals surface area contributed by atoms with Gasteiger partial charge in [0.1, 0.15) is 5.60 Å². The number of halogens is 3. The number of ether oxygens (including phenoxy) is 1. The molecule has 1 aromatic rings. The van der Waals surface area contributed by atoms with E-state index in [1.165, 1.54) is 4.90 Å². The first-order valence-corrected chi connectivity index (χ1v) is 9.36. The fourth-order valence-corrected chi connectivity index (χ4v) is 3.56. The van der Waals surface area contributed by atoms with Crippen molar-refractivity contribution in [3.8, 4) is 0 Å². The lowest BCUT2D eigenvalue weighted by Crippen LogP contribution is -2.57. The third-order valence-corrected chi connectivity index (χ3v) is 4.95. The van der Waals surface area contributed by atoms with E-state index in [9.17, 15) is 22.8 Å². The molecule has 1 aliphatic carbocycles. The quantitative estimate of drug-likeness (QED) is 0.775. The van der Waals surface area contributed by atoms with Gasteiger partial charge in [0.05, 0.1) is 0 Å². The van der Waals surface area contributed by atoms with E-state index in [2.05, 4.69) is 0 Å². The number of nitrogens with zero attached hydrogens (tertiary/aromatic N) is 2. The molecular formula is C20H25F3N2O3. The standard InChI is InChI=1S/C20H25F3N2O3/c1-19(2,3)28-18(27)24-10-13(11-24)12-25(17(26)20(21,22)23)16-9-15(16)14-7-5-4-6-8-14/h4-8,13,15-16H,9-12H2,1-3H3/t15-,16+/m0/s1. The highest BCUT2D eigenvalue weighted by Crippen LogP contribution is 2.46. The molecule has 2 atom stereocenters. The number of hydrogen-bond acceptors (Lipinski definition) is 3. The smallest absolute Gasteiger partial charge is 0.444 e. The van der Waals surface area contributed by atoms with Gasteiger partial charge in [0.2, 0.25) is 0 Å². The third kappa shape index (κ3) is 4.77. The number of carbonyl (C=O) groups excluding carboxylic acids is 2. The zero-order valence-electron chi connectivity index (χ0n) is 16.2. The molecule has 1 heterocycles. The molecule has 5 nitrogen and oxygen atoms in total. The van der Waals surface area contributed by atoms with Crippen LogP contribution in [-0.4, -0.2) is 59.3 Å². The van der Waals surface area contributed by atoms with E-state index >= 15 is 0 Å². The van der Waals surface area contributed by atoms with E-state index in [0.717, 1.165) is 10.5 Å². The molecule has 1 saturated carbocycles. The molecule has 8 heteroatoms. The summed E-state index contributed by atoms with van der Waals surface area (Å²) in [5, 5.41) is 0. The topological polar surface area (TPSA) is 49.9 Å². The maximum absolute atomic E-state index is 13.1. The van der Waals surface area contributed by atoms with Crippen LogP contribution in [0.25, 0.3) is 0 Å². The van der Waals surface area contributed by atoms with Crippen molar-refractivity contribution in [1.82, 2.24) is 9.80 Å². The minimum absolute atomic E-state index is 0.00829. The summed E-state index contributed by atoms with van der Waals surface area (Å²) in [4.78, 5) is 26.4. The van der Waals surface area contributed by atoms with Gasteiger partial charge in [-0.1, -0.05) is 30.3 Å². The van der Waals surface area contributed by atoms with Crippen LogP contribution in [-0.2, 0) is 9.53 Å². The Kier molecular flexibility index (Phi) is 5.34. The Morgan fingerprint density at radius 2 is 1.75 bits per heavy atom. The summed E-state index contributed by atoms with van der Waals surface area (Å²) in [6, 6.07) is 8.81. The second-order valence-electron chi connectivity index (χ2n) is 8.53. The van der Waals surface area contributed by atoms with Crippen molar-refractivity contribution in [2.45, 2.75) is 50.9 Å². The average molecular weight is 398 g/mol. The Bertz CT molecular complexity index is 724. The van der Waals surface area contributed by atoms with Gasteiger partial charge in [-0.3, -0.25) is 4.79 Å². The molecule has 1 aliphatic heterocycles. The van der Waals surface area contributed by atoms with E-state index in [-0.39, 0.29) is 18.4 Å². The van der Waals surface area contributed by atoms with Gasteiger partial charge < -0.3 is 14.5 Å². The van der Waals surface area contributed by atoms with Gasteiger partial charge in [0.15, 0.2) is 0 Å². The van der Waals surface area contributed by atoms with Crippen LogP contribution in [0.1, 0.15) is 38.7 Å². The fourth-order valence-electron chi connectivity index (χ4n) is 3.56. The number of benzene rings is 1. The minimum atomic E-state index is -4.90. The lowest BCUT2D eigenvalue weighted by atomic mass is 9.99. The molecule has 154 valence electrons. The van der Waals surface area contributed by atoms with Gasteiger partial charge >= 0.3 is 18.2 Å². The van der Waals surface area contributed by atoms with Crippen molar-refractivity contribution < 1.29 is 27.5 Å². The normalized spacial score (nSPS) is 22.4. The summed E-state index contributed by atoms with van der Waals surface area (Å²) in [7, 11) is 0. The Balaban J connectivity index is 1.61. The highest BCUT2D eigenvalue weighted by Gasteiger charge is 2.53. The summed E-state index contributed by atoms with van der Waals surface area (Å²) in [6.07, 6.45) is -4.86. The first-order valence-electron chi connectivity index (χ1n) is 9.36. The number of alkyl halides is 3. The van der Waals surface area contributed by atoms with Crippen molar-refractivity contribution in [1.29, 1.82) is 0 Å². The zero-order chi connectivity index (χ0) is 20.7. The lowest BCUT2D eigenvalue weighted by Gasteiger charge is -2.42. The maximum atomic E-state index is 13.1. The summed E-state index contributed by atoms with van der Waals surface area (Å²) in [6.45, 7) is 5.83. The molecule has 0 N–H and O–H groups in total. The SMILES string of the molecule is CC(C)(C)OC(=O)N1CC(CN(C(=O)C(F)(F)F)[C@@H]2C[C@H]2c2ccccc2)C1. The highest BCUT2D eigenvalue weighted by atomic mass is 19.4. The fraction of sp³-hybridized carbons (Fsp3) is 0.600. The average Bonchev–Trinajstić information content (AvgIpc) is 3.32. The number of rotatable bonds is 4. The van der Waals surface area contributed by atoms with Crippen LogP contribution in [0.5, 0.6) is 0 Å². The van der Waals surface area contributed by atoms with Crippen LogP contribution in [0, 0.1) is 5.92 Å². The molecule has 3 rings (SSSR count). The molecule has 1 aromatic carbocycles.